The molecule has 0 bridgehead atoms. The van der Waals surface area contributed by atoms with Gasteiger partial charge in [-0.25, -0.2) is 0 Å². The normalized spacial score (nSPS) is 12.9. The molecular formula is C13H19BrO2. The van der Waals surface area contributed by atoms with Gasteiger partial charge in [0.05, 0.1) is 11.6 Å². The Morgan fingerprint density at radius 3 is 2.50 bits per heavy atom. The first kappa shape index (κ1) is 13.5. The van der Waals surface area contributed by atoms with Crippen molar-refractivity contribution in [3.63, 3.8) is 0 Å². The van der Waals surface area contributed by atoms with Crippen LogP contribution >= 0.6 is 15.9 Å². The highest BCUT2D eigenvalue weighted by molar-refractivity contribution is 9.10. The Kier molecular flexibility index (Phi) is 5.29. The first-order valence-corrected chi connectivity index (χ1v) is 6.32. The van der Waals surface area contributed by atoms with Gasteiger partial charge in [-0.1, -0.05) is 19.9 Å². The van der Waals surface area contributed by atoms with E-state index in [4.69, 9.17) is 4.74 Å². The summed E-state index contributed by atoms with van der Waals surface area (Å²) in [7, 11) is 1.65. The molecule has 1 aromatic rings. The van der Waals surface area contributed by atoms with Crippen LogP contribution < -0.4 is 4.74 Å². The van der Waals surface area contributed by atoms with E-state index in [1.54, 1.807) is 7.11 Å². The lowest BCUT2D eigenvalue weighted by Gasteiger charge is -2.17. The van der Waals surface area contributed by atoms with E-state index in [-0.39, 0.29) is 12.5 Å². The second kappa shape index (κ2) is 6.26. The molecule has 16 heavy (non-hydrogen) atoms. The Hall–Kier alpha value is -0.540. The number of hydrogen-bond acceptors (Lipinski definition) is 2. The second-order valence-corrected chi connectivity index (χ2v) is 5.26. The Balaban J connectivity index is 2.89. The van der Waals surface area contributed by atoms with Gasteiger partial charge in [0.15, 0.2) is 0 Å². The average Bonchev–Trinajstić information content (AvgIpc) is 2.25. The molecule has 0 fully saturated rings. The minimum absolute atomic E-state index is 0.191. The van der Waals surface area contributed by atoms with E-state index in [9.17, 15) is 5.11 Å². The lowest BCUT2D eigenvalue weighted by atomic mass is 9.91. The van der Waals surface area contributed by atoms with Crippen LogP contribution in [0.15, 0.2) is 22.7 Å². The van der Waals surface area contributed by atoms with Crippen LogP contribution in [0.25, 0.3) is 0 Å². The third kappa shape index (κ3) is 3.49. The topological polar surface area (TPSA) is 29.5 Å². The monoisotopic (exact) mass is 286 g/mol. The van der Waals surface area contributed by atoms with Crippen molar-refractivity contribution in [1.29, 1.82) is 0 Å². The van der Waals surface area contributed by atoms with Crippen molar-refractivity contribution in [3.05, 3.63) is 28.2 Å². The molecule has 1 atom stereocenters. The SMILES string of the molecule is COc1ccc(C(CO)CC(C)C)cc1Br. The molecule has 0 saturated heterocycles. The van der Waals surface area contributed by atoms with Crippen LogP contribution in [0.5, 0.6) is 5.75 Å². The maximum absolute atomic E-state index is 9.40. The molecule has 1 rings (SSSR count). The zero-order valence-electron chi connectivity index (χ0n) is 10.0. The standard InChI is InChI=1S/C13H19BrO2/c1-9(2)6-11(8-15)10-4-5-13(16-3)12(14)7-10/h4-5,7,9,11,15H,6,8H2,1-3H3. The third-order valence-electron chi connectivity index (χ3n) is 2.62. The Bertz CT molecular complexity index is 337. The van der Waals surface area contributed by atoms with E-state index in [0.29, 0.717) is 5.92 Å². The Labute approximate surface area is 106 Å². The molecule has 1 unspecified atom stereocenters. The average molecular weight is 287 g/mol. The summed E-state index contributed by atoms with van der Waals surface area (Å²) in [5.74, 6) is 1.62. The van der Waals surface area contributed by atoms with Crippen molar-refractivity contribution in [3.8, 4) is 5.75 Å². The Morgan fingerprint density at radius 2 is 2.06 bits per heavy atom. The smallest absolute Gasteiger partial charge is 0.133 e. The van der Waals surface area contributed by atoms with Crippen molar-refractivity contribution in [2.24, 2.45) is 5.92 Å². The lowest BCUT2D eigenvalue weighted by molar-refractivity contribution is 0.248. The minimum atomic E-state index is 0.191. The summed E-state index contributed by atoms with van der Waals surface area (Å²) in [6, 6.07) is 5.98. The molecular weight excluding hydrogens is 268 g/mol. The first-order chi connectivity index (χ1) is 7.58. The van der Waals surface area contributed by atoms with E-state index in [2.05, 4.69) is 29.8 Å². The van der Waals surface area contributed by atoms with Crippen LogP contribution in [0.2, 0.25) is 0 Å². The van der Waals surface area contributed by atoms with E-state index in [1.165, 1.54) is 0 Å². The fourth-order valence-electron chi connectivity index (χ4n) is 1.82. The van der Waals surface area contributed by atoms with E-state index in [0.717, 1.165) is 22.2 Å². The molecule has 0 amide bonds. The molecule has 0 radical (unpaired) electrons. The van der Waals surface area contributed by atoms with Crippen molar-refractivity contribution >= 4 is 15.9 Å². The maximum Gasteiger partial charge on any atom is 0.133 e. The van der Waals surface area contributed by atoms with Crippen molar-refractivity contribution in [2.75, 3.05) is 13.7 Å². The van der Waals surface area contributed by atoms with Crippen LogP contribution in [0.4, 0.5) is 0 Å². The molecule has 0 aliphatic carbocycles. The fraction of sp³-hybridized carbons (Fsp3) is 0.538. The molecule has 0 aromatic heterocycles. The maximum atomic E-state index is 9.40. The van der Waals surface area contributed by atoms with E-state index < -0.39 is 0 Å². The van der Waals surface area contributed by atoms with Gasteiger partial charge in [-0.05, 0) is 46.0 Å². The number of aliphatic hydroxyl groups is 1. The summed E-state index contributed by atoms with van der Waals surface area (Å²) in [6.45, 7) is 4.53. The number of rotatable bonds is 5. The van der Waals surface area contributed by atoms with Gasteiger partial charge in [0, 0.05) is 12.5 Å². The minimum Gasteiger partial charge on any atom is -0.496 e. The molecule has 3 heteroatoms. The predicted octanol–water partition coefficient (Wildman–Crippen LogP) is 3.58. The van der Waals surface area contributed by atoms with Crippen LogP contribution in [-0.4, -0.2) is 18.8 Å². The highest BCUT2D eigenvalue weighted by atomic mass is 79.9. The largest absolute Gasteiger partial charge is 0.496 e. The first-order valence-electron chi connectivity index (χ1n) is 5.52. The Morgan fingerprint density at radius 1 is 1.38 bits per heavy atom. The van der Waals surface area contributed by atoms with Crippen molar-refractivity contribution in [2.45, 2.75) is 26.2 Å². The highest BCUT2D eigenvalue weighted by Gasteiger charge is 2.13. The highest BCUT2D eigenvalue weighted by Crippen LogP contribution is 2.31. The van der Waals surface area contributed by atoms with Gasteiger partial charge in [-0.2, -0.15) is 0 Å². The van der Waals surface area contributed by atoms with Gasteiger partial charge in [0.1, 0.15) is 5.75 Å². The molecule has 0 saturated carbocycles. The summed E-state index contributed by atoms with van der Waals surface area (Å²) in [5.41, 5.74) is 1.16. The van der Waals surface area contributed by atoms with Crippen LogP contribution in [0, 0.1) is 5.92 Å². The number of aliphatic hydroxyl groups excluding tert-OH is 1. The van der Waals surface area contributed by atoms with Crippen LogP contribution in [-0.2, 0) is 0 Å². The third-order valence-corrected chi connectivity index (χ3v) is 3.24. The van der Waals surface area contributed by atoms with Gasteiger partial charge < -0.3 is 9.84 Å². The lowest BCUT2D eigenvalue weighted by Crippen LogP contribution is -2.07. The zero-order chi connectivity index (χ0) is 12.1. The zero-order valence-corrected chi connectivity index (χ0v) is 11.6. The molecule has 1 N–H and O–H groups in total. The van der Waals surface area contributed by atoms with Gasteiger partial charge in [-0.3, -0.25) is 0 Å². The quantitative estimate of drug-likeness (QED) is 0.897. The summed E-state index contributed by atoms with van der Waals surface area (Å²) in [4.78, 5) is 0. The van der Waals surface area contributed by atoms with Crippen LogP contribution in [0.1, 0.15) is 31.7 Å². The molecule has 0 heterocycles. The molecule has 2 nitrogen and oxygen atoms in total. The second-order valence-electron chi connectivity index (χ2n) is 4.40. The van der Waals surface area contributed by atoms with Crippen molar-refractivity contribution in [1.82, 2.24) is 0 Å². The molecule has 0 aliphatic rings. The molecule has 1 aromatic carbocycles. The number of halogens is 1. The summed E-state index contributed by atoms with van der Waals surface area (Å²) in [6.07, 6.45) is 0.995. The summed E-state index contributed by atoms with van der Waals surface area (Å²) >= 11 is 3.46. The van der Waals surface area contributed by atoms with Gasteiger partial charge in [0.2, 0.25) is 0 Å². The number of benzene rings is 1. The fourth-order valence-corrected chi connectivity index (χ4v) is 2.38. The van der Waals surface area contributed by atoms with E-state index in [1.807, 2.05) is 18.2 Å². The van der Waals surface area contributed by atoms with Gasteiger partial charge in [-0.15, -0.1) is 0 Å². The van der Waals surface area contributed by atoms with Crippen LogP contribution in [0.3, 0.4) is 0 Å². The van der Waals surface area contributed by atoms with E-state index >= 15 is 0 Å². The molecule has 0 spiro atoms. The summed E-state index contributed by atoms with van der Waals surface area (Å²) in [5, 5.41) is 9.40. The number of ether oxygens (including phenoxy) is 1. The van der Waals surface area contributed by atoms with Gasteiger partial charge in [0.25, 0.3) is 0 Å². The van der Waals surface area contributed by atoms with Crippen molar-refractivity contribution < 1.29 is 9.84 Å². The van der Waals surface area contributed by atoms with Gasteiger partial charge >= 0.3 is 0 Å². The molecule has 0 aliphatic heterocycles. The number of methoxy groups -OCH3 is 1. The molecule has 90 valence electrons. The predicted molar refractivity (Wildman–Crippen MR) is 70.0 cm³/mol. The number of hydrogen-bond donors (Lipinski definition) is 1. The summed E-state index contributed by atoms with van der Waals surface area (Å²) < 4.78 is 6.12.